The van der Waals surface area contributed by atoms with Crippen LogP contribution in [0.1, 0.15) is 50.3 Å². The molecule has 1 aliphatic rings. The predicted octanol–water partition coefficient (Wildman–Crippen LogP) is 4.75. The van der Waals surface area contributed by atoms with Crippen LogP contribution in [0.5, 0.6) is 0 Å². The van der Waals surface area contributed by atoms with Crippen LogP contribution in [-0.4, -0.2) is 18.0 Å². The van der Waals surface area contributed by atoms with Crippen LogP contribution in [0.2, 0.25) is 0 Å². The van der Waals surface area contributed by atoms with Crippen molar-refractivity contribution in [3.05, 3.63) is 20.8 Å². The van der Waals surface area contributed by atoms with Crippen molar-refractivity contribution < 1.29 is 9.53 Å². The van der Waals surface area contributed by atoms with Gasteiger partial charge in [-0.05, 0) is 47.8 Å². The van der Waals surface area contributed by atoms with E-state index >= 15 is 0 Å². The number of ether oxygens (including phenoxy) is 1. The van der Waals surface area contributed by atoms with Gasteiger partial charge >= 0.3 is 0 Å². The minimum atomic E-state index is -0.512. The van der Waals surface area contributed by atoms with Gasteiger partial charge in [0.25, 0.3) is 0 Å². The van der Waals surface area contributed by atoms with E-state index < -0.39 is 5.60 Å². The van der Waals surface area contributed by atoms with E-state index in [0.717, 1.165) is 34.3 Å². The molecular weight excluding hydrogens is 324 g/mol. The van der Waals surface area contributed by atoms with E-state index in [4.69, 9.17) is 4.74 Å². The molecule has 1 fully saturated rings. The van der Waals surface area contributed by atoms with Crippen LogP contribution < -0.4 is 0 Å². The molecule has 0 saturated heterocycles. The summed E-state index contributed by atoms with van der Waals surface area (Å²) >= 11 is 5.09. The fourth-order valence-electron chi connectivity index (χ4n) is 2.85. The molecule has 1 aromatic rings. The van der Waals surface area contributed by atoms with Crippen LogP contribution >= 0.6 is 27.3 Å². The average Bonchev–Trinajstić information content (AvgIpc) is 2.65. The van der Waals surface area contributed by atoms with Gasteiger partial charge in [0.15, 0.2) is 5.78 Å². The zero-order valence-electron chi connectivity index (χ0n) is 11.4. The van der Waals surface area contributed by atoms with Gasteiger partial charge < -0.3 is 4.74 Å². The van der Waals surface area contributed by atoms with Gasteiger partial charge in [0, 0.05) is 17.9 Å². The van der Waals surface area contributed by atoms with Crippen molar-refractivity contribution in [3.8, 4) is 0 Å². The minimum absolute atomic E-state index is 0.269. The summed E-state index contributed by atoms with van der Waals surface area (Å²) in [6.45, 7) is 2.61. The van der Waals surface area contributed by atoms with Gasteiger partial charge in [-0.1, -0.05) is 25.7 Å². The quantitative estimate of drug-likeness (QED) is 0.720. The second kappa shape index (κ2) is 7.00. The van der Waals surface area contributed by atoms with Crippen molar-refractivity contribution in [2.45, 2.75) is 57.5 Å². The molecule has 0 unspecified atom stereocenters. The molecule has 1 aromatic heterocycles. The number of rotatable bonds is 5. The zero-order chi connectivity index (χ0) is 13.7. The van der Waals surface area contributed by atoms with Crippen LogP contribution in [0.3, 0.4) is 0 Å². The topological polar surface area (TPSA) is 26.3 Å². The van der Waals surface area contributed by atoms with Gasteiger partial charge in [-0.3, -0.25) is 4.79 Å². The predicted molar refractivity (Wildman–Crippen MR) is 82.8 cm³/mol. The molecule has 2 rings (SSSR count). The summed E-state index contributed by atoms with van der Waals surface area (Å²) in [6, 6.07) is 4.04. The molecule has 0 aromatic carbocycles. The third-order valence-corrected chi connectivity index (χ3v) is 5.43. The highest BCUT2D eigenvalue weighted by molar-refractivity contribution is 9.11. The lowest BCUT2D eigenvalue weighted by atomic mass is 9.87. The van der Waals surface area contributed by atoms with Crippen LogP contribution in [0.25, 0.3) is 0 Å². The Morgan fingerprint density at radius 1 is 1.32 bits per heavy atom. The summed E-state index contributed by atoms with van der Waals surface area (Å²) in [4.78, 5) is 13.8. The van der Waals surface area contributed by atoms with E-state index in [1.165, 1.54) is 12.8 Å². The highest BCUT2D eigenvalue weighted by atomic mass is 79.9. The Morgan fingerprint density at radius 2 is 2.00 bits per heavy atom. The SMILES string of the molecule is CCOC1(C(=O)Cc2ccc(Br)s2)CCCCCC1. The van der Waals surface area contributed by atoms with E-state index in [2.05, 4.69) is 15.9 Å². The molecule has 2 nitrogen and oxygen atoms in total. The second-order valence-electron chi connectivity index (χ2n) is 5.15. The van der Waals surface area contributed by atoms with Crippen LogP contribution in [0, 0.1) is 0 Å². The number of halogens is 1. The second-order valence-corrected chi connectivity index (χ2v) is 7.69. The molecule has 1 saturated carbocycles. The summed E-state index contributed by atoms with van der Waals surface area (Å²) in [5.41, 5.74) is -0.512. The molecule has 19 heavy (non-hydrogen) atoms. The summed E-state index contributed by atoms with van der Waals surface area (Å²) in [7, 11) is 0. The summed E-state index contributed by atoms with van der Waals surface area (Å²) in [5, 5.41) is 0. The van der Waals surface area contributed by atoms with Crippen molar-refractivity contribution >= 4 is 33.0 Å². The van der Waals surface area contributed by atoms with Crippen LogP contribution in [0.15, 0.2) is 15.9 Å². The molecular formula is C15H21BrO2S. The van der Waals surface area contributed by atoms with Crippen LogP contribution in [0.4, 0.5) is 0 Å². The van der Waals surface area contributed by atoms with Crippen molar-refractivity contribution in [1.82, 2.24) is 0 Å². The highest BCUT2D eigenvalue weighted by Crippen LogP contribution is 2.33. The molecule has 0 radical (unpaired) electrons. The Morgan fingerprint density at radius 3 is 2.53 bits per heavy atom. The lowest BCUT2D eigenvalue weighted by molar-refractivity contribution is -0.145. The van der Waals surface area contributed by atoms with Gasteiger partial charge in [0.1, 0.15) is 5.60 Å². The smallest absolute Gasteiger partial charge is 0.169 e. The average molecular weight is 345 g/mol. The summed E-state index contributed by atoms with van der Waals surface area (Å²) in [6.07, 6.45) is 6.98. The Hall–Kier alpha value is -0.190. The summed E-state index contributed by atoms with van der Waals surface area (Å²) < 4.78 is 7.02. The number of Topliss-reactive ketones (excluding diaryl/α,β-unsaturated/α-hetero) is 1. The summed E-state index contributed by atoms with van der Waals surface area (Å²) in [5.74, 6) is 0.269. The maximum absolute atomic E-state index is 12.7. The molecule has 0 spiro atoms. The number of hydrogen-bond acceptors (Lipinski definition) is 3. The first kappa shape index (κ1) is 15.2. The minimum Gasteiger partial charge on any atom is -0.367 e. The lowest BCUT2D eigenvalue weighted by Crippen LogP contribution is -2.42. The van der Waals surface area contributed by atoms with Gasteiger partial charge in [0.2, 0.25) is 0 Å². The van der Waals surface area contributed by atoms with E-state index in [1.807, 2.05) is 19.1 Å². The molecule has 0 N–H and O–H groups in total. The molecule has 0 bridgehead atoms. The molecule has 0 aliphatic heterocycles. The Balaban J connectivity index is 2.10. The highest BCUT2D eigenvalue weighted by Gasteiger charge is 2.38. The molecule has 1 aliphatic carbocycles. The van der Waals surface area contributed by atoms with Gasteiger partial charge in [0.05, 0.1) is 3.79 Å². The molecule has 4 heteroatoms. The lowest BCUT2D eigenvalue weighted by Gasteiger charge is -2.31. The molecule has 0 atom stereocenters. The Kier molecular flexibility index (Phi) is 5.60. The van der Waals surface area contributed by atoms with Gasteiger partial charge in [-0.25, -0.2) is 0 Å². The number of hydrogen-bond donors (Lipinski definition) is 0. The fraction of sp³-hybridized carbons (Fsp3) is 0.667. The van der Waals surface area contributed by atoms with E-state index in [-0.39, 0.29) is 5.78 Å². The van der Waals surface area contributed by atoms with Gasteiger partial charge in [-0.15, -0.1) is 11.3 Å². The number of ketones is 1. The zero-order valence-corrected chi connectivity index (χ0v) is 13.8. The van der Waals surface area contributed by atoms with Crippen molar-refractivity contribution in [2.75, 3.05) is 6.61 Å². The van der Waals surface area contributed by atoms with Crippen LogP contribution in [-0.2, 0) is 16.0 Å². The standard InChI is InChI=1S/C15H21BrO2S/c1-2-18-15(9-5-3-4-6-10-15)13(17)11-12-7-8-14(16)19-12/h7-8H,2-6,9-11H2,1H3. The Labute approximate surface area is 127 Å². The Bertz CT molecular complexity index is 420. The van der Waals surface area contributed by atoms with Crippen molar-refractivity contribution in [2.24, 2.45) is 0 Å². The third-order valence-electron chi connectivity index (χ3n) is 3.80. The molecule has 106 valence electrons. The maximum atomic E-state index is 12.7. The van der Waals surface area contributed by atoms with Crippen molar-refractivity contribution in [3.63, 3.8) is 0 Å². The number of carbonyl (C=O) groups excluding carboxylic acids is 1. The largest absolute Gasteiger partial charge is 0.367 e. The van der Waals surface area contributed by atoms with E-state index in [0.29, 0.717) is 13.0 Å². The monoisotopic (exact) mass is 344 g/mol. The first-order valence-electron chi connectivity index (χ1n) is 7.08. The first-order chi connectivity index (χ1) is 9.16. The number of thiophene rings is 1. The van der Waals surface area contributed by atoms with Crippen molar-refractivity contribution in [1.29, 1.82) is 0 Å². The van der Waals surface area contributed by atoms with E-state index in [9.17, 15) is 4.79 Å². The molecule has 1 heterocycles. The number of carbonyl (C=O) groups is 1. The third kappa shape index (κ3) is 3.89. The van der Waals surface area contributed by atoms with Gasteiger partial charge in [-0.2, -0.15) is 0 Å². The first-order valence-corrected chi connectivity index (χ1v) is 8.69. The maximum Gasteiger partial charge on any atom is 0.169 e. The fourth-order valence-corrected chi connectivity index (χ4v) is 4.33. The van der Waals surface area contributed by atoms with E-state index in [1.54, 1.807) is 11.3 Å². The normalized spacial score (nSPS) is 19.1. The molecule has 0 amide bonds.